The van der Waals surface area contributed by atoms with Crippen molar-refractivity contribution in [3.05, 3.63) is 78.4 Å². The first kappa shape index (κ1) is 19.2. The van der Waals surface area contributed by atoms with Gasteiger partial charge in [0.05, 0.1) is 11.9 Å². The van der Waals surface area contributed by atoms with Crippen LogP contribution in [0.15, 0.2) is 67.0 Å². The van der Waals surface area contributed by atoms with E-state index < -0.39 is 0 Å². The summed E-state index contributed by atoms with van der Waals surface area (Å²) in [5.74, 6) is 0.272. The first-order valence-corrected chi connectivity index (χ1v) is 10.0. The number of halogens is 1. The number of benzene rings is 2. The Bertz CT molecular complexity index is 939. The van der Waals surface area contributed by atoms with E-state index in [1.54, 1.807) is 0 Å². The molecule has 1 saturated heterocycles. The van der Waals surface area contributed by atoms with Crippen LogP contribution in [0.3, 0.4) is 0 Å². The van der Waals surface area contributed by atoms with Gasteiger partial charge in [-0.05, 0) is 60.7 Å². The van der Waals surface area contributed by atoms with Crippen molar-refractivity contribution >= 4 is 11.6 Å². The lowest BCUT2D eigenvalue weighted by Gasteiger charge is -2.18. The van der Waals surface area contributed by atoms with Crippen LogP contribution in [0.2, 0.25) is 0 Å². The molecule has 2 heterocycles. The van der Waals surface area contributed by atoms with E-state index in [4.69, 9.17) is 0 Å². The van der Waals surface area contributed by atoms with E-state index in [9.17, 15) is 9.18 Å². The van der Waals surface area contributed by atoms with Crippen molar-refractivity contribution in [3.63, 3.8) is 0 Å². The molecular formula is C23H25FN4O. The second-order valence-corrected chi connectivity index (χ2v) is 7.51. The minimum absolute atomic E-state index is 0.0673. The molecule has 1 unspecified atom stereocenters. The molecule has 2 aromatic carbocycles. The van der Waals surface area contributed by atoms with Gasteiger partial charge in [0, 0.05) is 37.9 Å². The van der Waals surface area contributed by atoms with Gasteiger partial charge in [-0.1, -0.05) is 18.2 Å². The topological polar surface area (TPSA) is 50.2 Å². The fourth-order valence-electron chi connectivity index (χ4n) is 3.70. The zero-order valence-electron chi connectivity index (χ0n) is 16.3. The minimum atomic E-state index is -0.217. The average Bonchev–Trinajstić information content (AvgIpc) is 3.42. The first-order valence-electron chi connectivity index (χ1n) is 10.0. The number of nitrogens with zero attached hydrogens (tertiary/aromatic N) is 3. The molecule has 29 heavy (non-hydrogen) atoms. The van der Waals surface area contributed by atoms with Crippen LogP contribution in [0, 0.1) is 11.7 Å². The highest BCUT2D eigenvalue weighted by molar-refractivity contribution is 5.76. The van der Waals surface area contributed by atoms with Gasteiger partial charge in [0.15, 0.2) is 0 Å². The molecule has 4 rings (SSSR count). The second kappa shape index (κ2) is 8.90. The largest absolute Gasteiger partial charge is 0.371 e. The zero-order chi connectivity index (χ0) is 20.1. The average molecular weight is 392 g/mol. The third-order valence-electron chi connectivity index (χ3n) is 5.36. The van der Waals surface area contributed by atoms with Crippen molar-refractivity contribution in [2.45, 2.75) is 19.3 Å². The number of nitrogens with one attached hydrogen (secondary N) is 1. The normalized spacial score (nSPS) is 16.2. The van der Waals surface area contributed by atoms with Crippen LogP contribution >= 0.6 is 0 Å². The summed E-state index contributed by atoms with van der Waals surface area (Å²) in [6.07, 6.45) is 5.94. The minimum Gasteiger partial charge on any atom is -0.371 e. The molecule has 6 heteroatoms. The highest BCUT2D eigenvalue weighted by Crippen LogP contribution is 2.23. The molecule has 3 aromatic rings. The smallest absolute Gasteiger partial charge is 0.220 e. The van der Waals surface area contributed by atoms with Crippen LogP contribution in [0.5, 0.6) is 0 Å². The number of hydrogen-bond acceptors (Lipinski definition) is 3. The molecule has 0 bridgehead atoms. The highest BCUT2D eigenvalue weighted by atomic mass is 19.1. The van der Waals surface area contributed by atoms with Crippen molar-refractivity contribution < 1.29 is 9.18 Å². The summed E-state index contributed by atoms with van der Waals surface area (Å²) in [6, 6.07) is 16.5. The Morgan fingerprint density at radius 3 is 2.69 bits per heavy atom. The Labute approximate surface area is 170 Å². The number of hydrogen-bond donors (Lipinski definition) is 1. The van der Waals surface area contributed by atoms with Crippen LogP contribution in [0.1, 0.15) is 18.4 Å². The van der Waals surface area contributed by atoms with Crippen molar-refractivity contribution in [2.75, 3.05) is 24.5 Å². The molecule has 5 nitrogen and oxygen atoms in total. The zero-order valence-corrected chi connectivity index (χ0v) is 16.3. The molecule has 1 N–H and O–H groups in total. The van der Waals surface area contributed by atoms with Gasteiger partial charge in [-0.25, -0.2) is 9.07 Å². The van der Waals surface area contributed by atoms with Crippen molar-refractivity contribution in [1.29, 1.82) is 0 Å². The lowest BCUT2D eigenvalue weighted by molar-refractivity contribution is -0.121. The first-order chi connectivity index (χ1) is 14.2. The number of aromatic nitrogens is 2. The summed E-state index contributed by atoms with van der Waals surface area (Å²) in [5.41, 5.74) is 3.10. The predicted molar refractivity (Wildman–Crippen MR) is 112 cm³/mol. The Hall–Kier alpha value is -3.15. The van der Waals surface area contributed by atoms with E-state index in [2.05, 4.69) is 15.3 Å². The second-order valence-electron chi connectivity index (χ2n) is 7.51. The van der Waals surface area contributed by atoms with E-state index in [0.29, 0.717) is 25.3 Å². The predicted octanol–water partition coefficient (Wildman–Crippen LogP) is 3.59. The quantitative estimate of drug-likeness (QED) is 0.669. The third-order valence-corrected chi connectivity index (χ3v) is 5.36. The van der Waals surface area contributed by atoms with Gasteiger partial charge >= 0.3 is 0 Å². The lowest BCUT2D eigenvalue weighted by Crippen LogP contribution is -2.31. The number of aryl methyl sites for hydroxylation is 1. The van der Waals surface area contributed by atoms with Crippen molar-refractivity contribution in [3.8, 4) is 5.69 Å². The highest BCUT2D eigenvalue weighted by Gasteiger charge is 2.23. The molecule has 0 spiro atoms. The fourth-order valence-corrected chi connectivity index (χ4v) is 3.70. The molecule has 0 aliphatic carbocycles. The Morgan fingerprint density at radius 1 is 1.10 bits per heavy atom. The molecule has 1 amide bonds. The van der Waals surface area contributed by atoms with Gasteiger partial charge < -0.3 is 10.2 Å². The van der Waals surface area contributed by atoms with Crippen LogP contribution in [-0.4, -0.2) is 35.3 Å². The van der Waals surface area contributed by atoms with Gasteiger partial charge in [0.1, 0.15) is 5.82 Å². The number of amides is 1. The number of carbonyl (C=O) groups excluding carboxylic acids is 1. The summed E-state index contributed by atoms with van der Waals surface area (Å²) in [6.45, 7) is 2.50. The molecule has 1 fully saturated rings. The summed E-state index contributed by atoms with van der Waals surface area (Å²) in [7, 11) is 0. The Kier molecular flexibility index (Phi) is 5.89. The monoisotopic (exact) mass is 392 g/mol. The standard InChI is InChI=1S/C23H25FN4O/c24-20-7-9-21(10-8-20)27-13-12-19(16-27)14-25-23(29)11-6-18-15-26-28(17-18)22-4-2-1-3-5-22/h1-5,7-10,15,17,19H,6,11-14,16H2,(H,25,29). The summed E-state index contributed by atoms with van der Waals surface area (Å²) >= 11 is 0. The van der Waals surface area contributed by atoms with Gasteiger partial charge in [-0.15, -0.1) is 0 Å². The maximum Gasteiger partial charge on any atom is 0.220 e. The Morgan fingerprint density at radius 2 is 1.90 bits per heavy atom. The van der Waals surface area contributed by atoms with E-state index >= 15 is 0 Å². The van der Waals surface area contributed by atoms with Crippen LogP contribution < -0.4 is 10.2 Å². The van der Waals surface area contributed by atoms with E-state index in [1.807, 2.05) is 59.5 Å². The number of rotatable bonds is 7. The van der Waals surface area contributed by atoms with Crippen LogP contribution in [0.25, 0.3) is 5.69 Å². The van der Waals surface area contributed by atoms with E-state index in [0.717, 1.165) is 36.4 Å². The molecule has 0 saturated carbocycles. The Balaban J connectivity index is 1.20. The summed E-state index contributed by atoms with van der Waals surface area (Å²) in [4.78, 5) is 14.5. The molecule has 1 aliphatic rings. The lowest BCUT2D eigenvalue weighted by atomic mass is 10.1. The molecule has 150 valence electrons. The molecule has 1 aliphatic heterocycles. The van der Waals surface area contributed by atoms with E-state index in [-0.39, 0.29) is 11.7 Å². The molecule has 1 atom stereocenters. The van der Waals surface area contributed by atoms with Gasteiger partial charge in [-0.2, -0.15) is 5.10 Å². The number of para-hydroxylation sites is 1. The van der Waals surface area contributed by atoms with Crippen molar-refractivity contribution in [1.82, 2.24) is 15.1 Å². The summed E-state index contributed by atoms with van der Waals surface area (Å²) < 4.78 is 14.9. The van der Waals surface area contributed by atoms with Crippen LogP contribution in [0.4, 0.5) is 10.1 Å². The molecule has 1 aromatic heterocycles. The summed E-state index contributed by atoms with van der Waals surface area (Å²) in [5, 5.41) is 7.43. The van der Waals surface area contributed by atoms with Gasteiger partial charge in [-0.3, -0.25) is 4.79 Å². The molecular weight excluding hydrogens is 367 g/mol. The van der Waals surface area contributed by atoms with Gasteiger partial charge in [0.25, 0.3) is 0 Å². The SMILES string of the molecule is O=C(CCc1cnn(-c2ccccc2)c1)NCC1CCN(c2ccc(F)cc2)C1. The maximum absolute atomic E-state index is 13.1. The van der Waals surface area contributed by atoms with Crippen LogP contribution in [-0.2, 0) is 11.2 Å². The van der Waals surface area contributed by atoms with Crippen molar-refractivity contribution in [2.24, 2.45) is 5.92 Å². The number of carbonyl (C=O) groups is 1. The fraction of sp³-hybridized carbons (Fsp3) is 0.304. The third kappa shape index (κ3) is 5.02. The van der Waals surface area contributed by atoms with Gasteiger partial charge in [0.2, 0.25) is 5.91 Å². The number of anilines is 1. The maximum atomic E-state index is 13.1. The van der Waals surface area contributed by atoms with E-state index in [1.165, 1.54) is 12.1 Å². The molecule has 0 radical (unpaired) electrons.